The Kier molecular flexibility index (Phi) is 7.05. The summed E-state index contributed by atoms with van der Waals surface area (Å²) in [7, 11) is 0. The molecule has 0 saturated heterocycles. The minimum absolute atomic E-state index is 0.0779. The number of benzene rings is 3. The smallest absolute Gasteiger partial charge is 0.266 e. The molecule has 3 aromatic rings. The molecule has 1 amide bonds. The van der Waals surface area contributed by atoms with Crippen molar-refractivity contribution in [2.45, 2.75) is 6.61 Å². The fourth-order valence-electron chi connectivity index (χ4n) is 2.68. The van der Waals surface area contributed by atoms with Crippen LogP contribution >= 0.6 is 11.6 Å². The number of halogens is 1. The van der Waals surface area contributed by atoms with E-state index in [0.29, 0.717) is 22.9 Å². The van der Waals surface area contributed by atoms with Gasteiger partial charge in [0.25, 0.3) is 5.91 Å². The van der Waals surface area contributed by atoms with Gasteiger partial charge in [-0.05, 0) is 59.2 Å². The Labute approximate surface area is 184 Å². The van der Waals surface area contributed by atoms with Crippen LogP contribution in [0.4, 0.5) is 5.69 Å². The Balaban J connectivity index is 1.71. The highest BCUT2D eigenvalue weighted by molar-refractivity contribution is 6.30. The monoisotopic (exact) mass is 431 g/mol. The second kappa shape index (κ2) is 10.1. The third-order valence-corrected chi connectivity index (χ3v) is 4.46. The average molecular weight is 432 g/mol. The van der Waals surface area contributed by atoms with Crippen LogP contribution in [0.5, 0.6) is 5.75 Å². The van der Waals surface area contributed by atoms with Gasteiger partial charge in [-0.3, -0.25) is 4.79 Å². The van der Waals surface area contributed by atoms with Gasteiger partial charge in [-0.2, -0.15) is 5.26 Å². The van der Waals surface area contributed by atoms with Gasteiger partial charge in [0.15, 0.2) is 0 Å². The molecule has 0 aromatic heterocycles. The molecular formula is C24H16ClN2O4-. The zero-order chi connectivity index (χ0) is 22.2. The van der Waals surface area contributed by atoms with Crippen molar-refractivity contribution in [1.29, 1.82) is 5.26 Å². The molecule has 0 atom stereocenters. The normalized spacial score (nSPS) is 10.8. The molecule has 0 aliphatic heterocycles. The summed E-state index contributed by atoms with van der Waals surface area (Å²) in [4.78, 5) is 23.4. The summed E-state index contributed by atoms with van der Waals surface area (Å²) in [6.07, 6.45) is 1.42. The summed E-state index contributed by atoms with van der Waals surface area (Å²) in [5, 5.41) is 23.5. The number of carbonyl (C=O) groups excluding carboxylic acids is 2. The van der Waals surface area contributed by atoms with Crippen LogP contribution in [-0.2, 0) is 11.4 Å². The molecule has 0 aliphatic rings. The van der Waals surface area contributed by atoms with Gasteiger partial charge in [-0.1, -0.05) is 48.0 Å². The first kappa shape index (κ1) is 21.6. The SMILES string of the molecule is N#C/C(=C\c1cccc(OCc2ccc(Cl)cc2)c1)C(=O)Nc1cccc(C(=O)[O-])c1. The molecule has 0 unspecified atom stereocenters. The van der Waals surface area contributed by atoms with Crippen LogP contribution in [0.25, 0.3) is 6.08 Å². The molecule has 3 rings (SSSR count). The van der Waals surface area contributed by atoms with Crippen LogP contribution in [0.2, 0.25) is 5.02 Å². The molecule has 0 aliphatic carbocycles. The second-order valence-electron chi connectivity index (χ2n) is 6.48. The number of rotatable bonds is 7. The summed E-state index contributed by atoms with van der Waals surface area (Å²) in [5.74, 6) is -1.45. The van der Waals surface area contributed by atoms with Crippen LogP contribution < -0.4 is 15.2 Å². The third-order valence-electron chi connectivity index (χ3n) is 4.21. The maximum absolute atomic E-state index is 12.4. The van der Waals surface area contributed by atoms with Crippen LogP contribution in [0.15, 0.2) is 78.4 Å². The van der Waals surface area contributed by atoms with Crippen LogP contribution in [0, 0.1) is 11.3 Å². The zero-order valence-electron chi connectivity index (χ0n) is 16.2. The Hall–Kier alpha value is -4.08. The Morgan fingerprint density at radius 3 is 2.52 bits per heavy atom. The van der Waals surface area contributed by atoms with Gasteiger partial charge in [0.05, 0.1) is 5.97 Å². The first-order valence-corrected chi connectivity index (χ1v) is 9.54. The molecule has 7 heteroatoms. The van der Waals surface area contributed by atoms with E-state index in [1.54, 1.807) is 36.4 Å². The van der Waals surface area contributed by atoms with Crippen molar-refractivity contribution in [2.24, 2.45) is 0 Å². The second-order valence-corrected chi connectivity index (χ2v) is 6.92. The Morgan fingerprint density at radius 2 is 1.81 bits per heavy atom. The van der Waals surface area contributed by atoms with Crippen molar-refractivity contribution >= 4 is 35.2 Å². The molecule has 31 heavy (non-hydrogen) atoms. The van der Waals surface area contributed by atoms with Gasteiger partial charge in [0.2, 0.25) is 0 Å². The molecule has 0 saturated carbocycles. The number of amides is 1. The third kappa shape index (κ3) is 6.20. The zero-order valence-corrected chi connectivity index (χ0v) is 16.9. The quantitative estimate of drug-likeness (QED) is 0.452. The van der Waals surface area contributed by atoms with Crippen molar-refractivity contribution in [3.63, 3.8) is 0 Å². The van der Waals surface area contributed by atoms with Crippen molar-refractivity contribution in [3.05, 3.63) is 100 Å². The van der Waals surface area contributed by atoms with Crippen molar-refractivity contribution in [2.75, 3.05) is 5.32 Å². The Bertz CT molecular complexity index is 1180. The molecule has 1 N–H and O–H groups in total. The predicted molar refractivity (Wildman–Crippen MR) is 115 cm³/mol. The molecule has 0 radical (unpaired) electrons. The molecule has 6 nitrogen and oxygen atoms in total. The first-order valence-electron chi connectivity index (χ1n) is 9.16. The highest BCUT2D eigenvalue weighted by atomic mass is 35.5. The molecule has 0 bridgehead atoms. The number of ether oxygens (including phenoxy) is 1. The van der Waals surface area contributed by atoms with E-state index in [1.807, 2.05) is 18.2 Å². The van der Waals surface area contributed by atoms with E-state index in [4.69, 9.17) is 16.3 Å². The lowest BCUT2D eigenvalue weighted by Gasteiger charge is -2.08. The number of nitrogens with zero attached hydrogens (tertiary/aromatic N) is 1. The lowest BCUT2D eigenvalue weighted by molar-refractivity contribution is -0.255. The van der Waals surface area contributed by atoms with Crippen LogP contribution in [-0.4, -0.2) is 11.9 Å². The minimum Gasteiger partial charge on any atom is -0.545 e. The summed E-state index contributed by atoms with van der Waals surface area (Å²) >= 11 is 5.87. The molecule has 0 fully saturated rings. The van der Waals surface area contributed by atoms with E-state index in [0.717, 1.165) is 5.56 Å². The first-order chi connectivity index (χ1) is 14.9. The van der Waals surface area contributed by atoms with Crippen molar-refractivity contribution in [3.8, 4) is 11.8 Å². The highest BCUT2D eigenvalue weighted by Gasteiger charge is 2.10. The fourth-order valence-corrected chi connectivity index (χ4v) is 2.81. The number of carbonyl (C=O) groups is 2. The van der Waals surface area contributed by atoms with Gasteiger partial charge in [-0.15, -0.1) is 0 Å². The van der Waals surface area contributed by atoms with Gasteiger partial charge < -0.3 is 20.0 Å². The number of hydrogen-bond acceptors (Lipinski definition) is 5. The van der Waals surface area contributed by atoms with E-state index >= 15 is 0 Å². The van der Waals surface area contributed by atoms with E-state index in [-0.39, 0.29) is 16.8 Å². The summed E-state index contributed by atoms with van der Waals surface area (Å²) < 4.78 is 5.76. The maximum atomic E-state index is 12.4. The molecule has 3 aromatic carbocycles. The number of hydrogen-bond donors (Lipinski definition) is 1. The number of carboxylic acids is 1. The molecular weight excluding hydrogens is 416 g/mol. The number of nitrogens with one attached hydrogen (secondary N) is 1. The van der Waals surface area contributed by atoms with Gasteiger partial charge in [0, 0.05) is 10.7 Å². The number of anilines is 1. The number of nitriles is 1. The fraction of sp³-hybridized carbons (Fsp3) is 0.0417. The Morgan fingerprint density at radius 1 is 1.06 bits per heavy atom. The van der Waals surface area contributed by atoms with Gasteiger partial charge in [0.1, 0.15) is 24.0 Å². The largest absolute Gasteiger partial charge is 0.545 e. The van der Waals surface area contributed by atoms with Gasteiger partial charge >= 0.3 is 0 Å². The summed E-state index contributed by atoms with van der Waals surface area (Å²) in [6.45, 7) is 0.338. The standard InChI is InChI=1S/C24H17ClN2O4/c25-20-9-7-16(8-10-20)15-31-22-6-1-3-17(12-22)11-19(14-26)23(28)27-21-5-2-4-18(13-21)24(29)30/h1-13H,15H2,(H,27,28)(H,29,30)/p-1/b19-11+. The van der Waals surface area contributed by atoms with E-state index in [9.17, 15) is 20.0 Å². The number of carboxylic acid groups (broad SMARTS) is 1. The number of aromatic carboxylic acids is 1. The topological polar surface area (TPSA) is 102 Å². The van der Waals surface area contributed by atoms with E-state index < -0.39 is 11.9 Å². The van der Waals surface area contributed by atoms with E-state index in [1.165, 1.54) is 30.3 Å². The van der Waals surface area contributed by atoms with Gasteiger partial charge in [-0.25, -0.2) is 0 Å². The summed E-state index contributed by atoms with van der Waals surface area (Å²) in [5.41, 5.74) is 1.57. The molecule has 154 valence electrons. The van der Waals surface area contributed by atoms with Crippen LogP contribution in [0.3, 0.4) is 0 Å². The average Bonchev–Trinajstić information content (AvgIpc) is 2.77. The van der Waals surface area contributed by atoms with E-state index in [2.05, 4.69) is 5.32 Å². The lowest BCUT2D eigenvalue weighted by atomic mass is 10.1. The highest BCUT2D eigenvalue weighted by Crippen LogP contribution is 2.19. The lowest BCUT2D eigenvalue weighted by Crippen LogP contribution is -2.22. The molecule has 0 spiro atoms. The summed E-state index contributed by atoms with van der Waals surface area (Å²) in [6, 6.07) is 21.7. The van der Waals surface area contributed by atoms with Crippen molar-refractivity contribution < 1.29 is 19.4 Å². The minimum atomic E-state index is -1.36. The van der Waals surface area contributed by atoms with Crippen molar-refractivity contribution in [1.82, 2.24) is 0 Å². The predicted octanol–water partition coefficient (Wildman–Crippen LogP) is 3.83. The molecule has 0 heterocycles. The maximum Gasteiger partial charge on any atom is 0.266 e. The van der Waals surface area contributed by atoms with Crippen LogP contribution in [0.1, 0.15) is 21.5 Å².